The molecule has 2 amide bonds. The molecule has 0 aromatic heterocycles. The number of hydrogen-bond donors (Lipinski definition) is 1. The lowest BCUT2D eigenvalue weighted by atomic mass is 9.91. The summed E-state index contributed by atoms with van der Waals surface area (Å²) in [7, 11) is 1.63. The molecule has 0 bridgehead atoms. The quantitative estimate of drug-likeness (QED) is 0.877. The van der Waals surface area contributed by atoms with Gasteiger partial charge in [0.15, 0.2) is 0 Å². The largest absolute Gasteiger partial charge is 0.465 e. The Kier molecular flexibility index (Phi) is 5.55. The second-order valence-corrected chi connectivity index (χ2v) is 7.28. The van der Waals surface area contributed by atoms with E-state index in [-0.39, 0.29) is 12.6 Å². The normalized spacial score (nSPS) is 20.9. The molecule has 1 saturated heterocycles. The summed E-state index contributed by atoms with van der Waals surface area (Å²) in [6.45, 7) is 5.59. The van der Waals surface area contributed by atoms with Gasteiger partial charge < -0.3 is 19.6 Å². The number of likely N-dealkylation sites (tertiary alicyclic amines) is 1. The standard InChI is InChI=1S/C18H25FN2O4/c1-18(2,3)25-17(24)20(4)12-9-10-21(16(22)23)15(11-12)13-7-5-6-8-14(13)19/h5-8,12,15H,9-11H2,1-4H3,(H,22,23)/t12?,15-/m0/s1. The third-order valence-corrected chi connectivity index (χ3v) is 4.31. The molecule has 2 rings (SSSR count). The Morgan fingerprint density at radius 1 is 1.32 bits per heavy atom. The summed E-state index contributed by atoms with van der Waals surface area (Å²) in [6, 6.07) is 5.29. The van der Waals surface area contributed by atoms with Crippen LogP contribution in [0.5, 0.6) is 0 Å². The fourth-order valence-corrected chi connectivity index (χ4v) is 3.05. The lowest BCUT2D eigenvalue weighted by Crippen LogP contribution is -2.49. The fraction of sp³-hybridized carbons (Fsp3) is 0.556. The van der Waals surface area contributed by atoms with Gasteiger partial charge in [-0.1, -0.05) is 18.2 Å². The molecule has 2 atom stereocenters. The molecule has 138 valence electrons. The highest BCUT2D eigenvalue weighted by Gasteiger charge is 2.37. The molecule has 1 aliphatic rings. The zero-order valence-electron chi connectivity index (χ0n) is 15.0. The Hall–Kier alpha value is -2.31. The monoisotopic (exact) mass is 352 g/mol. The minimum Gasteiger partial charge on any atom is -0.465 e. The molecular formula is C18H25FN2O4. The maximum absolute atomic E-state index is 14.2. The van der Waals surface area contributed by atoms with Crippen LogP contribution < -0.4 is 0 Å². The van der Waals surface area contributed by atoms with E-state index in [0.717, 1.165) is 0 Å². The summed E-state index contributed by atoms with van der Waals surface area (Å²) in [5.74, 6) is -0.445. The first-order chi connectivity index (χ1) is 11.6. The van der Waals surface area contributed by atoms with Crippen LogP contribution in [0.25, 0.3) is 0 Å². The third kappa shape index (κ3) is 4.61. The highest BCUT2D eigenvalue weighted by molar-refractivity contribution is 5.69. The van der Waals surface area contributed by atoms with Gasteiger partial charge in [0.25, 0.3) is 0 Å². The van der Waals surface area contributed by atoms with Crippen LogP contribution in [0.15, 0.2) is 24.3 Å². The minimum atomic E-state index is -1.09. The van der Waals surface area contributed by atoms with Gasteiger partial charge in [0.1, 0.15) is 11.4 Å². The molecule has 25 heavy (non-hydrogen) atoms. The van der Waals surface area contributed by atoms with Crippen LogP contribution in [0.1, 0.15) is 45.2 Å². The smallest absolute Gasteiger partial charge is 0.410 e. The molecule has 7 heteroatoms. The first-order valence-electron chi connectivity index (χ1n) is 8.30. The van der Waals surface area contributed by atoms with Gasteiger partial charge >= 0.3 is 12.2 Å². The molecule has 1 fully saturated rings. The summed E-state index contributed by atoms with van der Waals surface area (Å²) >= 11 is 0. The van der Waals surface area contributed by atoms with Crippen LogP contribution in [0.2, 0.25) is 0 Å². The van der Waals surface area contributed by atoms with Gasteiger partial charge in [0.05, 0.1) is 6.04 Å². The third-order valence-electron chi connectivity index (χ3n) is 4.31. The van der Waals surface area contributed by atoms with Gasteiger partial charge in [0, 0.05) is 25.2 Å². The molecule has 1 aliphatic heterocycles. The van der Waals surface area contributed by atoms with Crippen LogP contribution >= 0.6 is 0 Å². The SMILES string of the molecule is CN(C(=O)OC(C)(C)C)C1CCN(C(=O)O)[C@H](c2ccccc2F)C1. The molecule has 1 heterocycles. The molecule has 1 unspecified atom stereocenters. The Bertz CT molecular complexity index is 644. The van der Waals surface area contributed by atoms with Gasteiger partial charge in [-0.15, -0.1) is 0 Å². The number of benzene rings is 1. The first-order valence-corrected chi connectivity index (χ1v) is 8.30. The summed E-state index contributed by atoms with van der Waals surface area (Å²) in [5.41, 5.74) is -0.287. The van der Waals surface area contributed by atoms with Crippen molar-refractivity contribution in [1.29, 1.82) is 0 Å². The van der Waals surface area contributed by atoms with E-state index in [2.05, 4.69) is 0 Å². The van der Waals surface area contributed by atoms with Crippen LogP contribution in [0.3, 0.4) is 0 Å². The summed E-state index contributed by atoms with van der Waals surface area (Å²) < 4.78 is 19.6. The van der Waals surface area contributed by atoms with Crippen LogP contribution in [0, 0.1) is 5.82 Å². The van der Waals surface area contributed by atoms with Crippen molar-refractivity contribution >= 4 is 12.2 Å². The number of nitrogens with zero attached hydrogens (tertiary/aromatic N) is 2. The highest BCUT2D eigenvalue weighted by Crippen LogP contribution is 2.34. The number of hydrogen-bond acceptors (Lipinski definition) is 3. The van der Waals surface area contributed by atoms with Crippen molar-refractivity contribution in [3.8, 4) is 0 Å². The first kappa shape index (κ1) is 19.0. The number of carbonyl (C=O) groups is 2. The van der Waals surface area contributed by atoms with Gasteiger partial charge in [-0.05, 0) is 39.7 Å². The Balaban J connectivity index is 2.21. The van der Waals surface area contributed by atoms with E-state index in [1.165, 1.54) is 15.9 Å². The number of piperidine rings is 1. The molecule has 1 aromatic carbocycles. The molecule has 1 aromatic rings. The van der Waals surface area contributed by atoms with E-state index < -0.39 is 29.6 Å². The van der Waals surface area contributed by atoms with E-state index in [4.69, 9.17) is 4.74 Å². The maximum Gasteiger partial charge on any atom is 0.410 e. The Morgan fingerprint density at radius 3 is 2.52 bits per heavy atom. The van der Waals surface area contributed by atoms with Crippen molar-refractivity contribution in [2.24, 2.45) is 0 Å². The van der Waals surface area contributed by atoms with E-state index in [9.17, 15) is 19.1 Å². The molecule has 6 nitrogen and oxygen atoms in total. The lowest BCUT2D eigenvalue weighted by molar-refractivity contribution is 0.0102. The number of carbonyl (C=O) groups excluding carboxylic acids is 1. The lowest BCUT2D eigenvalue weighted by Gasteiger charge is -2.41. The number of carboxylic acid groups (broad SMARTS) is 1. The number of ether oxygens (including phenoxy) is 1. The number of rotatable bonds is 2. The second kappa shape index (κ2) is 7.29. The summed E-state index contributed by atoms with van der Waals surface area (Å²) in [5, 5.41) is 9.45. The molecular weight excluding hydrogens is 327 g/mol. The highest BCUT2D eigenvalue weighted by atomic mass is 19.1. The van der Waals surface area contributed by atoms with Gasteiger partial charge in [0.2, 0.25) is 0 Å². The van der Waals surface area contributed by atoms with Crippen molar-refractivity contribution < 1.29 is 23.8 Å². The van der Waals surface area contributed by atoms with Crippen LogP contribution in [-0.4, -0.2) is 52.3 Å². The second-order valence-electron chi connectivity index (χ2n) is 7.28. The van der Waals surface area contributed by atoms with E-state index >= 15 is 0 Å². The van der Waals surface area contributed by atoms with Crippen LogP contribution in [0.4, 0.5) is 14.0 Å². The number of amides is 2. The van der Waals surface area contributed by atoms with Crippen molar-refractivity contribution in [3.63, 3.8) is 0 Å². The zero-order chi connectivity index (χ0) is 18.8. The number of halogens is 1. The van der Waals surface area contributed by atoms with E-state index in [0.29, 0.717) is 18.4 Å². The molecule has 1 N–H and O–H groups in total. The average Bonchev–Trinajstić information content (AvgIpc) is 2.52. The van der Waals surface area contributed by atoms with Crippen LogP contribution in [-0.2, 0) is 4.74 Å². The molecule has 0 saturated carbocycles. The van der Waals surface area contributed by atoms with Crippen molar-refractivity contribution in [2.45, 2.75) is 51.3 Å². The Labute approximate surface area is 147 Å². The molecule has 0 aliphatic carbocycles. The van der Waals surface area contributed by atoms with Crippen molar-refractivity contribution in [2.75, 3.05) is 13.6 Å². The topological polar surface area (TPSA) is 70.1 Å². The van der Waals surface area contributed by atoms with Gasteiger partial charge in [-0.25, -0.2) is 14.0 Å². The predicted octanol–water partition coefficient (Wildman–Crippen LogP) is 3.88. The van der Waals surface area contributed by atoms with E-state index in [1.807, 2.05) is 0 Å². The van der Waals surface area contributed by atoms with Gasteiger partial charge in [-0.2, -0.15) is 0 Å². The average molecular weight is 352 g/mol. The fourth-order valence-electron chi connectivity index (χ4n) is 3.05. The predicted molar refractivity (Wildman–Crippen MR) is 90.9 cm³/mol. The maximum atomic E-state index is 14.2. The van der Waals surface area contributed by atoms with E-state index in [1.54, 1.807) is 46.0 Å². The molecule has 0 radical (unpaired) electrons. The van der Waals surface area contributed by atoms with Gasteiger partial charge in [-0.3, -0.25) is 0 Å². The zero-order valence-corrected chi connectivity index (χ0v) is 15.0. The minimum absolute atomic E-state index is 0.227. The molecule has 0 spiro atoms. The van der Waals surface area contributed by atoms with Crippen molar-refractivity contribution in [3.05, 3.63) is 35.6 Å². The summed E-state index contributed by atoms with van der Waals surface area (Å²) in [6.07, 6.45) is -0.754. The Morgan fingerprint density at radius 2 is 1.96 bits per heavy atom. The summed E-state index contributed by atoms with van der Waals surface area (Å²) in [4.78, 5) is 26.5. The van der Waals surface area contributed by atoms with Crippen molar-refractivity contribution in [1.82, 2.24) is 9.80 Å².